The van der Waals surface area contributed by atoms with Crippen LogP contribution in [0.15, 0.2) is 21.1 Å². The first-order valence-electron chi connectivity index (χ1n) is 6.00. The van der Waals surface area contributed by atoms with Crippen LogP contribution in [0.1, 0.15) is 13.8 Å². The molecule has 0 heterocycles. The van der Waals surface area contributed by atoms with E-state index in [2.05, 4.69) is 37.2 Å². The summed E-state index contributed by atoms with van der Waals surface area (Å²) in [5, 5.41) is 12.9. The van der Waals surface area contributed by atoms with Crippen molar-refractivity contribution in [3.05, 3.63) is 21.1 Å². The molecule has 1 atom stereocenters. The Bertz CT molecular complexity index is 413. The predicted molar refractivity (Wildman–Crippen MR) is 84.0 cm³/mol. The summed E-state index contributed by atoms with van der Waals surface area (Å²) in [7, 11) is 1.61. The van der Waals surface area contributed by atoms with Crippen molar-refractivity contribution < 1.29 is 14.6 Å². The molecule has 4 nitrogen and oxygen atoms in total. The Labute approximate surface area is 130 Å². The van der Waals surface area contributed by atoms with Gasteiger partial charge in [0.05, 0.1) is 36.1 Å². The lowest BCUT2D eigenvalue weighted by molar-refractivity contribution is 0.0112. The zero-order valence-electron chi connectivity index (χ0n) is 11.2. The highest BCUT2D eigenvalue weighted by Crippen LogP contribution is 2.34. The minimum atomic E-state index is -0.552. The molecule has 0 fully saturated rings. The third-order valence-electron chi connectivity index (χ3n) is 2.39. The fourth-order valence-electron chi connectivity index (χ4n) is 1.41. The molecule has 1 aromatic rings. The van der Waals surface area contributed by atoms with Crippen LogP contribution in [-0.2, 0) is 4.74 Å². The smallest absolute Gasteiger partial charge is 0.135 e. The van der Waals surface area contributed by atoms with E-state index in [0.717, 1.165) is 20.4 Å². The van der Waals surface area contributed by atoms with Crippen LogP contribution in [0.2, 0.25) is 0 Å². The molecule has 6 heteroatoms. The van der Waals surface area contributed by atoms with E-state index in [1.165, 1.54) is 0 Å². The molecule has 0 radical (unpaired) electrons. The lowest BCUT2D eigenvalue weighted by Gasteiger charge is -2.16. The second-order valence-electron chi connectivity index (χ2n) is 4.38. The van der Waals surface area contributed by atoms with Gasteiger partial charge in [-0.3, -0.25) is 0 Å². The summed E-state index contributed by atoms with van der Waals surface area (Å²) >= 11 is 6.87. The average molecular weight is 397 g/mol. The average Bonchev–Trinajstić information content (AvgIpc) is 2.35. The molecule has 108 valence electrons. The Morgan fingerprint density at radius 1 is 1.26 bits per heavy atom. The number of anilines is 1. The minimum absolute atomic E-state index is 0.120. The lowest BCUT2D eigenvalue weighted by Crippen LogP contribution is -2.26. The maximum atomic E-state index is 9.79. The Kier molecular flexibility index (Phi) is 7.13. The molecule has 0 spiro atoms. The molecule has 0 aromatic heterocycles. The summed E-state index contributed by atoms with van der Waals surface area (Å²) in [6.45, 7) is 4.61. The van der Waals surface area contributed by atoms with Crippen molar-refractivity contribution in [1.82, 2.24) is 0 Å². The number of hydrogen-bond acceptors (Lipinski definition) is 4. The van der Waals surface area contributed by atoms with Crippen LogP contribution >= 0.6 is 31.9 Å². The quantitative estimate of drug-likeness (QED) is 0.741. The number of ether oxygens (including phenoxy) is 2. The van der Waals surface area contributed by atoms with Gasteiger partial charge < -0.3 is 19.9 Å². The van der Waals surface area contributed by atoms with Crippen molar-refractivity contribution in [2.24, 2.45) is 0 Å². The van der Waals surface area contributed by atoms with E-state index >= 15 is 0 Å². The van der Waals surface area contributed by atoms with Gasteiger partial charge in [0.25, 0.3) is 0 Å². The Morgan fingerprint density at radius 3 is 2.53 bits per heavy atom. The van der Waals surface area contributed by atoms with Crippen molar-refractivity contribution in [3.8, 4) is 5.75 Å². The van der Waals surface area contributed by atoms with Crippen molar-refractivity contribution in [1.29, 1.82) is 0 Å². The first kappa shape index (κ1) is 16.8. The summed E-state index contributed by atoms with van der Waals surface area (Å²) in [5.74, 6) is 0.735. The zero-order chi connectivity index (χ0) is 14.4. The van der Waals surface area contributed by atoms with Crippen molar-refractivity contribution in [2.75, 3.05) is 25.6 Å². The van der Waals surface area contributed by atoms with Gasteiger partial charge in [-0.25, -0.2) is 0 Å². The van der Waals surface area contributed by atoms with Gasteiger partial charge in [-0.05, 0) is 51.8 Å². The molecule has 0 amide bonds. The van der Waals surface area contributed by atoms with Gasteiger partial charge in [-0.2, -0.15) is 0 Å². The van der Waals surface area contributed by atoms with E-state index in [1.807, 2.05) is 26.0 Å². The number of nitrogens with one attached hydrogen (secondary N) is 1. The van der Waals surface area contributed by atoms with Crippen molar-refractivity contribution >= 4 is 37.5 Å². The van der Waals surface area contributed by atoms with Crippen LogP contribution < -0.4 is 10.1 Å². The molecule has 0 aliphatic rings. The minimum Gasteiger partial charge on any atom is -0.495 e. The molecule has 0 saturated carbocycles. The van der Waals surface area contributed by atoms with Crippen molar-refractivity contribution in [2.45, 2.75) is 26.1 Å². The summed E-state index contributed by atoms with van der Waals surface area (Å²) < 4.78 is 12.4. The predicted octanol–water partition coefficient (Wildman–Crippen LogP) is 3.42. The van der Waals surface area contributed by atoms with Gasteiger partial charge in [0.15, 0.2) is 0 Å². The Morgan fingerprint density at radius 2 is 1.95 bits per heavy atom. The number of aliphatic hydroxyl groups is 1. The molecule has 1 rings (SSSR count). The van der Waals surface area contributed by atoms with Crippen LogP contribution in [0, 0.1) is 0 Å². The molecule has 0 saturated heterocycles. The normalized spacial score (nSPS) is 12.6. The number of methoxy groups -OCH3 is 1. The fraction of sp³-hybridized carbons (Fsp3) is 0.538. The molecule has 2 N–H and O–H groups in total. The number of rotatable bonds is 7. The van der Waals surface area contributed by atoms with Gasteiger partial charge in [0.1, 0.15) is 5.75 Å². The van der Waals surface area contributed by atoms with E-state index in [0.29, 0.717) is 13.2 Å². The van der Waals surface area contributed by atoms with E-state index in [1.54, 1.807) is 7.11 Å². The number of benzene rings is 1. The largest absolute Gasteiger partial charge is 0.495 e. The number of halogens is 2. The topological polar surface area (TPSA) is 50.7 Å². The molecule has 0 aliphatic heterocycles. The highest BCUT2D eigenvalue weighted by Gasteiger charge is 2.10. The maximum Gasteiger partial charge on any atom is 0.135 e. The second-order valence-corrected chi connectivity index (χ2v) is 6.09. The molecule has 1 aromatic carbocycles. The van der Waals surface area contributed by atoms with Crippen molar-refractivity contribution in [3.63, 3.8) is 0 Å². The molecule has 19 heavy (non-hydrogen) atoms. The summed E-state index contributed by atoms with van der Waals surface area (Å²) in [6, 6.07) is 3.77. The maximum absolute atomic E-state index is 9.79. The lowest BCUT2D eigenvalue weighted by atomic mass is 10.3. The highest BCUT2D eigenvalue weighted by atomic mass is 79.9. The third kappa shape index (κ3) is 5.69. The van der Waals surface area contributed by atoms with Gasteiger partial charge in [-0.1, -0.05) is 0 Å². The van der Waals surface area contributed by atoms with Gasteiger partial charge >= 0.3 is 0 Å². The highest BCUT2D eigenvalue weighted by molar-refractivity contribution is 9.11. The molecular weight excluding hydrogens is 378 g/mol. The van der Waals surface area contributed by atoms with Crippen LogP contribution in [0.3, 0.4) is 0 Å². The first-order valence-corrected chi connectivity index (χ1v) is 7.59. The summed E-state index contributed by atoms with van der Waals surface area (Å²) in [6.07, 6.45) is -0.432. The van der Waals surface area contributed by atoms with Crippen LogP contribution in [0.4, 0.5) is 5.69 Å². The van der Waals surface area contributed by atoms with Crippen LogP contribution in [0.25, 0.3) is 0 Å². The fourth-order valence-corrected chi connectivity index (χ4v) is 2.71. The van der Waals surface area contributed by atoms with E-state index in [4.69, 9.17) is 9.47 Å². The number of aliphatic hydroxyl groups excluding tert-OH is 1. The monoisotopic (exact) mass is 395 g/mol. The summed E-state index contributed by atoms with van der Waals surface area (Å²) in [4.78, 5) is 0. The van der Waals surface area contributed by atoms with E-state index in [-0.39, 0.29) is 6.10 Å². The second kappa shape index (κ2) is 8.09. The van der Waals surface area contributed by atoms with E-state index < -0.39 is 6.10 Å². The number of hydrogen-bond donors (Lipinski definition) is 2. The van der Waals surface area contributed by atoms with Gasteiger partial charge in [0, 0.05) is 17.1 Å². The van der Waals surface area contributed by atoms with E-state index in [9.17, 15) is 5.11 Å². The van der Waals surface area contributed by atoms with Crippen LogP contribution in [0.5, 0.6) is 5.75 Å². The van der Waals surface area contributed by atoms with Gasteiger partial charge in [-0.15, -0.1) is 0 Å². The SMILES string of the molecule is COc1cc(NCC(O)COC(C)C)c(Br)cc1Br. The zero-order valence-corrected chi connectivity index (χ0v) is 14.4. The molecule has 1 unspecified atom stereocenters. The first-order chi connectivity index (χ1) is 8.93. The molecule has 0 bridgehead atoms. The molecule has 0 aliphatic carbocycles. The van der Waals surface area contributed by atoms with Gasteiger partial charge in [0.2, 0.25) is 0 Å². The van der Waals surface area contributed by atoms with Crippen LogP contribution in [-0.4, -0.2) is 37.6 Å². The molecular formula is C13H19Br2NO3. The standard InChI is InChI=1S/C13H19Br2NO3/c1-8(2)19-7-9(17)6-16-12-5-13(18-3)11(15)4-10(12)14/h4-5,8-9,16-17H,6-7H2,1-3H3. The Balaban J connectivity index is 2.57. The Hall–Kier alpha value is -0.300. The summed E-state index contributed by atoms with van der Waals surface area (Å²) in [5.41, 5.74) is 0.864. The third-order valence-corrected chi connectivity index (χ3v) is 3.67.